The maximum absolute atomic E-state index is 11.6. The first-order chi connectivity index (χ1) is 7.90. The Morgan fingerprint density at radius 2 is 2.12 bits per heavy atom. The van der Waals surface area contributed by atoms with Gasteiger partial charge in [-0.3, -0.25) is 9.59 Å². The summed E-state index contributed by atoms with van der Waals surface area (Å²) in [5.41, 5.74) is -0.461. The van der Waals surface area contributed by atoms with Crippen molar-refractivity contribution >= 4 is 29.2 Å². The van der Waals surface area contributed by atoms with E-state index in [0.29, 0.717) is 11.6 Å². The predicted octanol–water partition coefficient (Wildman–Crippen LogP) is 2.35. The Bertz CT molecular complexity index is 468. The van der Waals surface area contributed by atoms with Crippen molar-refractivity contribution in [1.82, 2.24) is 4.57 Å². The third kappa shape index (κ3) is 4.40. The van der Waals surface area contributed by atoms with Gasteiger partial charge >= 0.3 is 5.97 Å². The topological polar surface area (TPSA) is 48.3 Å². The van der Waals surface area contributed by atoms with Gasteiger partial charge in [0.25, 0.3) is 5.56 Å². The Hall–Kier alpha value is -1.00. The first-order valence-corrected chi connectivity index (χ1v) is 5.87. The fraction of sp³-hybridized carbons (Fsp3) is 0.455. The van der Waals surface area contributed by atoms with E-state index in [2.05, 4.69) is 0 Å². The number of aromatic nitrogens is 1. The molecule has 0 saturated carbocycles. The number of rotatable bonds is 4. The summed E-state index contributed by atoms with van der Waals surface area (Å²) < 4.78 is 6.09. The minimum Gasteiger partial charge on any atom is -0.464 e. The average molecular weight is 278 g/mol. The maximum Gasteiger partial charge on any atom is 0.326 e. The van der Waals surface area contributed by atoms with Crippen molar-refractivity contribution in [2.45, 2.75) is 20.4 Å². The monoisotopic (exact) mass is 277 g/mol. The Morgan fingerprint density at radius 1 is 1.47 bits per heavy atom. The highest BCUT2D eigenvalue weighted by Gasteiger charge is 2.09. The average Bonchev–Trinajstić information content (AvgIpc) is 2.22. The molecule has 1 aromatic rings. The molecule has 6 heteroatoms. The van der Waals surface area contributed by atoms with Crippen LogP contribution in [0.5, 0.6) is 0 Å². The second-order valence-corrected chi connectivity index (χ2v) is 4.86. The molecule has 1 heterocycles. The number of hydrogen-bond acceptors (Lipinski definition) is 3. The quantitative estimate of drug-likeness (QED) is 0.794. The molecule has 0 atom stereocenters. The first kappa shape index (κ1) is 14.1. The van der Waals surface area contributed by atoms with E-state index in [1.54, 1.807) is 0 Å². The van der Waals surface area contributed by atoms with Gasteiger partial charge in [-0.2, -0.15) is 0 Å². The smallest absolute Gasteiger partial charge is 0.326 e. The molecule has 94 valence electrons. The number of hydrogen-bond donors (Lipinski definition) is 0. The zero-order valence-corrected chi connectivity index (χ0v) is 11.1. The second-order valence-electron chi connectivity index (χ2n) is 4.02. The minimum absolute atomic E-state index is 0.0193. The summed E-state index contributed by atoms with van der Waals surface area (Å²) >= 11 is 11.4. The van der Waals surface area contributed by atoms with Gasteiger partial charge in [0.2, 0.25) is 0 Å². The number of ether oxygens (including phenoxy) is 1. The molecule has 0 N–H and O–H groups in total. The zero-order valence-electron chi connectivity index (χ0n) is 9.57. The molecule has 1 rings (SSSR count). The lowest BCUT2D eigenvalue weighted by Crippen LogP contribution is -2.25. The molecule has 1 aromatic heterocycles. The lowest BCUT2D eigenvalue weighted by Gasteiger charge is -2.09. The highest BCUT2D eigenvalue weighted by Crippen LogP contribution is 2.11. The van der Waals surface area contributed by atoms with Crippen molar-refractivity contribution in [2.24, 2.45) is 5.92 Å². The van der Waals surface area contributed by atoms with E-state index < -0.39 is 11.5 Å². The second kappa shape index (κ2) is 6.07. The lowest BCUT2D eigenvalue weighted by atomic mass is 10.2. The van der Waals surface area contributed by atoms with E-state index in [1.165, 1.54) is 12.3 Å². The van der Waals surface area contributed by atoms with Crippen molar-refractivity contribution in [3.63, 3.8) is 0 Å². The van der Waals surface area contributed by atoms with Gasteiger partial charge in [-0.05, 0) is 12.0 Å². The standard InChI is InChI=1S/C11H13Cl2NO3/c1-7(2)6-17-10(15)5-14-4-8(12)3-9(13)11(14)16/h3-4,7H,5-6H2,1-2H3. The van der Waals surface area contributed by atoms with Gasteiger partial charge in [0.05, 0.1) is 11.6 Å². The van der Waals surface area contributed by atoms with Crippen molar-refractivity contribution < 1.29 is 9.53 Å². The molecule has 0 aliphatic rings. The summed E-state index contributed by atoms with van der Waals surface area (Å²) in [6, 6.07) is 1.33. The van der Waals surface area contributed by atoms with Gasteiger partial charge in [0.1, 0.15) is 11.6 Å². The van der Waals surface area contributed by atoms with E-state index in [1.807, 2.05) is 13.8 Å². The minimum atomic E-state index is -0.487. The van der Waals surface area contributed by atoms with Gasteiger partial charge in [0, 0.05) is 6.20 Å². The summed E-state index contributed by atoms with van der Waals surface area (Å²) in [7, 11) is 0. The number of esters is 1. The molecule has 0 spiro atoms. The van der Waals surface area contributed by atoms with Gasteiger partial charge in [-0.1, -0.05) is 37.0 Å². The lowest BCUT2D eigenvalue weighted by molar-refractivity contribution is -0.145. The zero-order chi connectivity index (χ0) is 13.0. The Balaban J connectivity index is 2.75. The van der Waals surface area contributed by atoms with E-state index in [0.717, 1.165) is 4.57 Å². The Morgan fingerprint density at radius 3 is 2.71 bits per heavy atom. The molecular formula is C11H13Cl2NO3. The van der Waals surface area contributed by atoms with Crippen LogP contribution in [0.2, 0.25) is 10.0 Å². The largest absolute Gasteiger partial charge is 0.464 e. The number of nitrogens with zero attached hydrogens (tertiary/aromatic N) is 1. The van der Waals surface area contributed by atoms with Crippen LogP contribution in [-0.4, -0.2) is 17.1 Å². The number of halogens is 2. The summed E-state index contributed by atoms with van der Waals surface area (Å²) in [4.78, 5) is 23.0. The van der Waals surface area contributed by atoms with Crippen molar-refractivity contribution in [3.05, 3.63) is 32.7 Å². The molecule has 0 saturated heterocycles. The van der Waals surface area contributed by atoms with Crippen molar-refractivity contribution in [2.75, 3.05) is 6.61 Å². The van der Waals surface area contributed by atoms with Crippen LogP contribution >= 0.6 is 23.2 Å². The van der Waals surface area contributed by atoms with Crippen LogP contribution in [0.3, 0.4) is 0 Å². The fourth-order valence-electron chi connectivity index (χ4n) is 1.13. The summed E-state index contributed by atoms with van der Waals surface area (Å²) in [5.74, 6) is -0.238. The molecule has 0 amide bonds. The molecule has 0 radical (unpaired) electrons. The van der Waals surface area contributed by atoms with Gasteiger partial charge in [-0.25, -0.2) is 0 Å². The van der Waals surface area contributed by atoms with Gasteiger partial charge in [-0.15, -0.1) is 0 Å². The summed E-state index contributed by atoms with van der Waals surface area (Å²) in [6.07, 6.45) is 1.35. The third-order valence-corrected chi connectivity index (χ3v) is 2.36. The molecule has 0 aromatic carbocycles. The van der Waals surface area contributed by atoms with E-state index in [-0.39, 0.29) is 17.5 Å². The molecule has 0 aliphatic carbocycles. The predicted molar refractivity (Wildman–Crippen MR) is 66.5 cm³/mol. The molecule has 0 aliphatic heterocycles. The maximum atomic E-state index is 11.6. The van der Waals surface area contributed by atoms with Crippen molar-refractivity contribution in [1.29, 1.82) is 0 Å². The van der Waals surface area contributed by atoms with Crippen LogP contribution in [0.25, 0.3) is 0 Å². The van der Waals surface area contributed by atoms with Crippen LogP contribution in [-0.2, 0) is 16.1 Å². The van der Waals surface area contributed by atoms with Crippen molar-refractivity contribution in [3.8, 4) is 0 Å². The molecule has 0 bridgehead atoms. The van der Waals surface area contributed by atoms with Crippen LogP contribution in [0, 0.1) is 5.92 Å². The number of carbonyl (C=O) groups is 1. The number of carbonyl (C=O) groups excluding carboxylic acids is 1. The van der Waals surface area contributed by atoms with Crippen LogP contribution in [0.1, 0.15) is 13.8 Å². The molecular weight excluding hydrogens is 265 g/mol. The highest BCUT2D eigenvalue weighted by molar-refractivity contribution is 6.34. The molecule has 0 fully saturated rings. The van der Waals surface area contributed by atoms with E-state index in [4.69, 9.17) is 27.9 Å². The van der Waals surface area contributed by atoms with Gasteiger partial charge in [0.15, 0.2) is 0 Å². The van der Waals surface area contributed by atoms with Gasteiger partial charge < -0.3 is 9.30 Å². The first-order valence-electron chi connectivity index (χ1n) is 5.11. The Kier molecular flexibility index (Phi) is 5.02. The molecule has 0 unspecified atom stereocenters. The Labute approximate surface area is 109 Å². The fourth-order valence-corrected chi connectivity index (χ4v) is 1.64. The summed E-state index contributed by atoms with van der Waals surface area (Å²) in [6.45, 7) is 3.99. The van der Waals surface area contributed by atoms with Crippen LogP contribution < -0.4 is 5.56 Å². The van der Waals surface area contributed by atoms with E-state index >= 15 is 0 Å². The molecule has 17 heavy (non-hydrogen) atoms. The van der Waals surface area contributed by atoms with Crippen LogP contribution in [0.15, 0.2) is 17.1 Å². The number of pyridine rings is 1. The SMILES string of the molecule is CC(C)COC(=O)Cn1cc(Cl)cc(Cl)c1=O. The highest BCUT2D eigenvalue weighted by atomic mass is 35.5. The van der Waals surface area contributed by atoms with Crippen LogP contribution in [0.4, 0.5) is 0 Å². The normalized spacial score (nSPS) is 10.6. The summed E-state index contributed by atoms with van der Waals surface area (Å²) in [5, 5.41) is 0.278. The van der Waals surface area contributed by atoms with E-state index in [9.17, 15) is 9.59 Å². The molecule has 4 nitrogen and oxygen atoms in total. The third-order valence-electron chi connectivity index (χ3n) is 1.89.